The molecule has 0 amide bonds. The Balaban J connectivity index is 2.01. The minimum Gasteiger partial charge on any atom is -0.381 e. The molecule has 1 aliphatic rings. The molecule has 2 nitrogen and oxygen atoms in total. The largest absolute Gasteiger partial charge is 0.446 e. The Morgan fingerprint density at radius 1 is 1.16 bits per heavy atom. The van der Waals surface area contributed by atoms with E-state index in [2.05, 4.69) is 0 Å². The highest BCUT2D eigenvalue weighted by molar-refractivity contribution is 8.00. The monoisotopic (exact) mass is 291 g/mol. The molecule has 0 saturated carbocycles. The second-order valence-electron chi connectivity index (χ2n) is 4.59. The molecule has 1 heterocycles. The van der Waals surface area contributed by atoms with Crippen molar-refractivity contribution in [2.45, 2.75) is 29.3 Å². The highest BCUT2D eigenvalue weighted by Gasteiger charge is 2.29. The molecule has 1 saturated heterocycles. The van der Waals surface area contributed by atoms with Gasteiger partial charge < -0.3 is 10.5 Å². The average molecular weight is 291 g/mol. The van der Waals surface area contributed by atoms with Gasteiger partial charge >= 0.3 is 5.51 Å². The third-order valence-corrected chi connectivity index (χ3v) is 4.01. The minimum atomic E-state index is -4.25. The van der Waals surface area contributed by atoms with Crippen LogP contribution in [0.2, 0.25) is 0 Å². The standard InChI is InChI=1S/C13H16F3NOS/c14-13(15,16)19-11-3-1-9(2-4-11)12(17)10-5-7-18-8-6-10/h1-4,10,12H,5-8,17H2/t12-/m1/s1. The van der Waals surface area contributed by atoms with E-state index >= 15 is 0 Å². The Hall–Kier alpha value is -0.720. The molecule has 2 rings (SSSR count). The summed E-state index contributed by atoms with van der Waals surface area (Å²) in [5, 5.41) is 0. The normalized spacial score (nSPS) is 19.4. The molecule has 19 heavy (non-hydrogen) atoms. The van der Waals surface area contributed by atoms with E-state index in [-0.39, 0.29) is 22.7 Å². The van der Waals surface area contributed by atoms with Gasteiger partial charge in [0.1, 0.15) is 0 Å². The van der Waals surface area contributed by atoms with Crippen molar-refractivity contribution in [3.8, 4) is 0 Å². The summed E-state index contributed by atoms with van der Waals surface area (Å²) in [6, 6.07) is 6.20. The van der Waals surface area contributed by atoms with Crippen LogP contribution in [0.4, 0.5) is 13.2 Å². The van der Waals surface area contributed by atoms with E-state index in [0.717, 1.165) is 18.4 Å². The Kier molecular flexibility index (Phi) is 4.76. The van der Waals surface area contributed by atoms with Crippen molar-refractivity contribution in [3.63, 3.8) is 0 Å². The van der Waals surface area contributed by atoms with E-state index in [1.54, 1.807) is 12.1 Å². The third kappa shape index (κ3) is 4.40. The molecule has 0 aromatic heterocycles. The van der Waals surface area contributed by atoms with Gasteiger partial charge in [-0.3, -0.25) is 0 Å². The van der Waals surface area contributed by atoms with Crippen molar-refractivity contribution in [3.05, 3.63) is 29.8 Å². The summed E-state index contributed by atoms with van der Waals surface area (Å²) in [6.07, 6.45) is 1.81. The predicted octanol–water partition coefficient (Wildman–Crippen LogP) is 3.72. The van der Waals surface area contributed by atoms with Gasteiger partial charge in [-0.15, -0.1) is 0 Å². The predicted molar refractivity (Wildman–Crippen MR) is 68.8 cm³/mol. The molecule has 2 N–H and O–H groups in total. The highest BCUT2D eigenvalue weighted by Crippen LogP contribution is 2.37. The van der Waals surface area contributed by atoms with Gasteiger partial charge in [0, 0.05) is 24.2 Å². The van der Waals surface area contributed by atoms with Crippen LogP contribution in [-0.4, -0.2) is 18.7 Å². The fourth-order valence-electron chi connectivity index (χ4n) is 2.24. The molecule has 1 aromatic carbocycles. The molecule has 1 atom stereocenters. The quantitative estimate of drug-likeness (QED) is 0.862. The van der Waals surface area contributed by atoms with Crippen LogP contribution in [-0.2, 0) is 4.74 Å². The van der Waals surface area contributed by atoms with Crippen LogP contribution >= 0.6 is 11.8 Å². The second-order valence-corrected chi connectivity index (χ2v) is 5.73. The molecule has 0 aliphatic carbocycles. The van der Waals surface area contributed by atoms with Crippen molar-refractivity contribution < 1.29 is 17.9 Å². The number of alkyl halides is 3. The van der Waals surface area contributed by atoms with Crippen LogP contribution in [0, 0.1) is 5.92 Å². The van der Waals surface area contributed by atoms with E-state index in [9.17, 15) is 13.2 Å². The van der Waals surface area contributed by atoms with Gasteiger partial charge in [-0.2, -0.15) is 13.2 Å². The molecule has 106 valence electrons. The lowest BCUT2D eigenvalue weighted by molar-refractivity contribution is -0.0328. The zero-order chi connectivity index (χ0) is 13.9. The number of thioether (sulfide) groups is 1. The van der Waals surface area contributed by atoms with Crippen molar-refractivity contribution in [1.82, 2.24) is 0 Å². The van der Waals surface area contributed by atoms with E-state index < -0.39 is 5.51 Å². The number of benzene rings is 1. The topological polar surface area (TPSA) is 35.2 Å². The van der Waals surface area contributed by atoms with Crippen LogP contribution in [0.1, 0.15) is 24.4 Å². The van der Waals surface area contributed by atoms with Crippen LogP contribution in [0.25, 0.3) is 0 Å². The van der Waals surface area contributed by atoms with Crippen LogP contribution in [0.3, 0.4) is 0 Å². The minimum absolute atomic E-state index is 0.104. The molecule has 0 unspecified atom stereocenters. The van der Waals surface area contributed by atoms with Gasteiger partial charge in [0.25, 0.3) is 0 Å². The zero-order valence-electron chi connectivity index (χ0n) is 10.3. The first-order valence-corrected chi connectivity index (χ1v) is 6.96. The molecular weight excluding hydrogens is 275 g/mol. The first-order valence-electron chi connectivity index (χ1n) is 6.15. The molecule has 0 spiro atoms. The van der Waals surface area contributed by atoms with Gasteiger partial charge in [-0.05, 0) is 48.2 Å². The lowest BCUT2D eigenvalue weighted by Crippen LogP contribution is -2.27. The number of nitrogens with two attached hydrogens (primary N) is 1. The summed E-state index contributed by atoms with van der Waals surface area (Å²) >= 11 is -0.104. The van der Waals surface area contributed by atoms with Gasteiger partial charge in [0.05, 0.1) is 0 Å². The maximum absolute atomic E-state index is 12.2. The molecule has 1 fully saturated rings. The number of hydrogen-bond acceptors (Lipinski definition) is 3. The number of halogens is 3. The van der Waals surface area contributed by atoms with E-state index in [1.807, 2.05) is 0 Å². The van der Waals surface area contributed by atoms with Gasteiger partial charge in [-0.25, -0.2) is 0 Å². The second kappa shape index (κ2) is 6.15. The maximum atomic E-state index is 12.2. The third-order valence-electron chi connectivity index (χ3n) is 3.27. The van der Waals surface area contributed by atoms with Crippen LogP contribution < -0.4 is 5.73 Å². The lowest BCUT2D eigenvalue weighted by atomic mass is 9.88. The fraction of sp³-hybridized carbons (Fsp3) is 0.538. The molecule has 0 bridgehead atoms. The molecule has 1 aliphatic heterocycles. The van der Waals surface area contributed by atoms with Gasteiger partial charge in [-0.1, -0.05) is 12.1 Å². The Labute approximate surface area is 114 Å². The summed E-state index contributed by atoms with van der Waals surface area (Å²) in [7, 11) is 0. The van der Waals surface area contributed by atoms with Crippen LogP contribution in [0.5, 0.6) is 0 Å². The summed E-state index contributed by atoms with van der Waals surface area (Å²) in [5.74, 6) is 0.342. The Morgan fingerprint density at radius 2 is 1.74 bits per heavy atom. The number of rotatable bonds is 3. The van der Waals surface area contributed by atoms with Crippen molar-refractivity contribution >= 4 is 11.8 Å². The van der Waals surface area contributed by atoms with E-state index in [4.69, 9.17) is 10.5 Å². The lowest BCUT2D eigenvalue weighted by Gasteiger charge is -2.28. The summed E-state index contributed by atoms with van der Waals surface area (Å²) in [4.78, 5) is 0.190. The average Bonchev–Trinajstić information content (AvgIpc) is 2.38. The summed E-state index contributed by atoms with van der Waals surface area (Å²) in [5.41, 5.74) is 2.80. The molecule has 0 radical (unpaired) electrons. The zero-order valence-corrected chi connectivity index (χ0v) is 11.1. The van der Waals surface area contributed by atoms with E-state index in [1.165, 1.54) is 12.1 Å². The summed E-state index contributed by atoms with van der Waals surface area (Å²) < 4.78 is 41.9. The van der Waals surface area contributed by atoms with E-state index in [0.29, 0.717) is 19.1 Å². The smallest absolute Gasteiger partial charge is 0.381 e. The van der Waals surface area contributed by atoms with Crippen molar-refractivity contribution in [2.24, 2.45) is 11.7 Å². The molecular formula is C13H16F3NOS. The summed E-state index contributed by atoms with van der Waals surface area (Å²) in [6.45, 7) is 1.42. The van der Waals surface area contributed by atoms with Crippen LogP contribution in [0.15, 0.2) is 29.2 Å². The Morgan fingerprint density at radius 3 is 2.26 bits per heavy atom. The molecule has 1 aromatic rings. The maximum Gasteiger partial charge on any atom is 0.446 e. The first kappa shape index (κ1) is 14.7. The molecule has 6 heteroatoms. The van der Waals surface area contributed by atoms with Gasteiger partial charge in [0.2, 0.25) is 0 Å². The van der Waals surface area contributed by atoms with Crippen molar-refractivity contribution in [2.75, 3.05) is 13.2 Å². The van der Waals surface area contributed by atoms with Gasteiger partial charge in [0.15, 0.2) is 0 Å². The fourth-order valence-corrected chi connectivity index (χ4v) is 2.78. The first-order chi connectivity index (χ1) is 8.96. The van der Waals surface area contributed by atoms with Crippen molar-refractivity contribution in [1.29, 1.82) is 0 Å². The number of hydrogen-bond donors (Lipinski definition) is 1. The number of ether oxygens (including phenoxy) is 1. The SMILES string of the molecule is N[C@H](c1ccc(SC(F)(F)F)cc1)C1CCOCC1. The Bertz CT molecular complexity index is 401. The highest BCUT2D eigenvalue weighted by atomic mass is 32.2.